The largest absolute Gasteiger partial charge is 0.376 e. The monoisotopic (exact) mass is 494 g/mol. The van der Waals surface area contributed by atoms with Crippen LogP contribution in [0.25, 0.3) is 0 Å². The highest BCUT2D eigenvalue weighted by atomic mass is 35.5. The van der Waals surface area contributed by atoms with E-state index in [1.165, 1.54) is 11.0 Å². The number of morpholine rings is 1. The molecule has 2 aliphatic heterocycles. The fourth-order valence-electron chi connectivity index (χ4n) is 5.26. The van der Waals surface area contributed by atoms with Gasteiger partial charge in [-0.2, -0.15) is 0 Å². The van der Waals surface area contributed by atoms with Gasteiger partial charge < -0.3 is 15.4 Å². The van der Waals surface area contributed by atoms with Crippen LogP contribution < -0.4 is 10.6 Å². The highest BCUT2D eigenvalue weighted by Gasteiger charge is 2.52. The Bertz CT molecular complexity index is 919. The number of amides is 4. The van der Waals surface area contributed by atoms with E-state index in [4.69, 9.17) is 16.3 Å². The van der Waals surface area contributed by atoms with Crippen LogP contribution in [0.2, 0.25) is 5.02 Å². The van der Waals surface area contributed by atoms with Crippen molar-refractivity contribution in [2.75, 3.05) is 32.8 Å². The molecule has 186 valence electrons. The Balaban J connectivity index is 1.33. The molecule has 8 nitrogen and oxygen atoms in total. The van der Waals surface area contributed by atoms with Gasteiger partial charge in [0.25, 0.3) is 5.91 Å². The number of hydrogen-bond donors (Lipinski definition) is 2. The van der Waals surface area contributed by atoms with E-state index in [1.54, 1.807) is 12.1 Å². The SMILES string of the molecule is CC1CN(C(CNC(=O)CCCN2C(=O)NC3(CCCC3)C2=O)c2c(F)cccc2Cl)CCO1. The lowest BCUT2D eigenvalue weighted by atomic mass is 9.98. The van der Waals surface area contributed by atoms with Gasteiger partial charge in [-0.25, -0.2) is 9.18 Å². The molecule has 2 saturated heterocycles. The third-order valence-electron chi connectivity index (χ3n) is 7.03. The Morgan fingerprint density at radius 1 is 1.35 bits per heavy atom. The molecule has 1 aliphatic carbocycles. The van der Waals surface area contributed by atoms with Crippen LogP contribution in [-0.4, -0.2) is 72.1 Å². The zero-order valence-corrected chi connectivity index (χ0v) is 20.2. The molecule has 1 spiro atoms. The third-order valence-corrected chi connectivity index (χ3v) is 7.36. The zero-order chi connectivity index (χ0) is 24.3. The van der Waals surface area contributed by atoms with Gasteiger partial charge in [0.2, 0.25) is 5.91 Å². The summed E-state index contributed by atoms with van der Waals surface area (Å²) in [6.07, 6.45) is 3.71. The fourth-order valence-corrected chi connectivity index (χ4v) is 5.55. The van der Waals surface area contributed by atoms with Crippen LogP contribution in [0.3, 0.4) is 0 Å². The molecule has 3 aliphatic rings. The first-order valence-corrected chi connectivity index (χ1v) is 12.4. The third kappa shape index (κ3) is 5.21. The second-order valence-corrected chi connectivity index (χ2v) is 9.82. The van der Waals surface area contributed by atoms with Gasteiger partial charge in [0.15, 0.2) is 0 Å². The molecule has 3 fully saturated rings. The van der Waals surface area contributed by atoms with E-state index in [0.29, 0.717) is 49.5 Å². The molecule has 2 atom stereocenters. The van der Waals surface area contributed by atoms with E-state index in [0.717, 1.165) is 12.8 Å². The minimum atomic E-state index is -0.735. The van der Waals surface area contributed by atoms with Gasteiger partial charge in [-0.3, -0.25) is 19.4 Å². The second-order valence-electron chi connectivity index (χ2n) is 9.41. The maximum atomic E-state index is 14.7. The van der Waals surface area contributed by atoms with Crippen LogP contribution >= 0.6 is 11.6 Å². The summed E-state index contributed by atoms with van der Waals surface area (Å²) in [5, 5.41) is 6.06. The molecule has 2 unspecified atom stereocenters. The van der Waals surface area contributed by atoms with Crippen molar-refractivity contribution in [1.82, 2.24) is 20.4 Å². The molecule has 4 rings (SSSR count). The van der Waals surface area contributed by atoms with E-state index in [1.807, 2.05) is 6.92 Å². The van der Waals surface area contributed by atoms with Crippen molar-refractivity contribution < 1.29 is 23.5 Å². The van der Waals surface area contributed by atoms with E-state index < -0.39 is 17.4 Å². The maximum Gasteiger partial charge on any atom is 0.325 e. The number of imide groups is 1. The summed E-state index contributed by atoms with van der Waals surface area (Å²) in [5.41, 5.74) is -0.374. The summed E-state index contributed by atoms with van der Waals surface area (Å²) in [6.45, 7) is 4.06. The number of ether oxygens (including phenoxy) is 1. The fraction of sp³-hybridized carbons (Fsp3) is 0.625. The quantitative estimate of drug-likeness (QED) is 0.542. The Morgan fingerprint density at radius 2 is 2.12 bits per heavy atom. The number of carbonyl (C=O) groups excluding carboxylic acids is 3. The molecule has 2 heterocycles. The van der Waals surface area contributed by atoms with Crippen LogP contribution in [0.5, 0.6) is 0 Å². The topological polar surface area (TPSA) is 91.0 Å². The van der Waals surface area contributed by atoms with Crippen LogP contribution in [0.15, 0.2) is 18.2 Å². The van der Waals surface area contributed by atoms with Crippen molar-refractivity contribution in [3.63, 3.8) is 0 Å². The maximum absolute atomic E-state index is 14.7. The number of nitrogens with zero attached hydrogens (tertiary/aromatic N) is 2. The number of hydrogen-bond acceptors (Lipinski definition) is 5. The predicted octanol–water partition coefficient (Wildman–Crippen LogP) is 3.00. The lowest BCUT2D eigenvalue weighted by Gasteiger charge is -2.38. The Morgan fingerprint density at radius 3 is 2.82 bits per heavy atom. The lowest BCUT2D eigenvalue weighted by molar-refractivity contribution is -0.131. The average molecular weight is 495 g/mol. The summed E-state index contributed by atoms with van der Waals surface area (Å²) < 4.78 is 20.3. The molecule has 0 aromatic heterocycles. The van der Waals surface area contributed by atoms with Crippen LogP contribution in [0.4, 0.5) is 9.18 Å². The van der Waals surface area contributed by atoms with E-state index in [9.17, 15) is 18.8 Å². The van der Waals surface area contributed by atoms with E-state index in [-0.39, 0.29) is 43.5 Å². The van der Waals surface area contributed by atoms with Gasteiger partial charge in [0, 0.05) is 43.2 Å². The molecule has 34 heavy (non-hydrogen) atoms. The van der Waals surface area contributed by atoms with Crippen molar-refractivity contribution in [2.24, 2.45) is 0 Å². The first-order valence-electron chi connectivity index (χ1n) is 12.0. The smallest absolute Gasteiger partial charge is 0.325 e. The number of nitrogens with one attached hydrogen (secondary N) is 2. The Kier molecular flexibility index (Phi) is 7.74. The molecular weight excluding hydrogens is 463 g/mol. The molecule has 10 heteroatoms. The van der Waals surface area contributed by atoms with E-state index in [2.05, 4.69) is 15.5 Å². The molecule has 1 aromatic rings. The molecule has 0 bridgehead atoms. The molecule has 1 aromatic carbocycles. The van der Waals surface area contributed by atoms with Gasteiger partial charge in [0.1, 0.15) is 11.4 Å². The van der Waals surface area contributed by atoms with Crippen molar-refractivity contribution in [1.29, 1.82) is 0 Å². The number of rotatable bonds is 8. The summed E-state index contributed by atoms with van der Waals surface area (Å²) in [7, 11) is 0. The molecule has 1 saturated carbocycles. The van der Waals surface area contributed by atoms with Gasteiger partial charge in [-0.05, 0) is 38.3 Å². The minimum absolute atomic E-state index is 0.00944. The number of carbonyl (C=O) groups is 3. The summed E-state index contributed by atoms with van der Waals surface area (Å²) in [4.78, 5) is 40.9. The van der Waals surface area contributed by atoms with E-state index >= 15 is 0 Å². The van der Waals surface area contributed by atoms with Crippen molar-refractivity contribution in [2.45, 2.75) is 63.1 Å². The van der Waals surface area contributed by atoms with Crippen molar-refractivity contribution in [3.8, 4) is 0 Å². The van der Waals surface area contributed by atoms with Crippen LogP contribution in [0.1, 0.15) is 57.1 Å². The summed E-state index contributed by atoms with van der Waals surface area (Å²) >= 11 is 6.34. The van der Waals surface area contributed by atoms with Crippen LogP contribution in [0, 0.1) is 5.82 Å². The zero-order valence-electron chi connectivity index (χ0n) is 19.4. The summed E-state index contributed by atoms with van der Waals surface area (Å²) in [6, 6.07) is 3.77. The Labute approximate surface area is 204 Å². The molecule has 2 N–H and O–H groups in total. The van der Waals surface area contributed by atoms with Crippen molar-refractivity contribution >= 4 is 29.4 Å². The van der Waals surface area contributed by atoms with Gasteiger partial charge in [-0.15, -0.1) is 0 Å². The Hall–Kier alpha value is -2.23. The normalized spacial score (nSPS) is 23.4. The average Bonchev–Trinajstić information content (AvgIpc) is 3.35. The number of halogens is 2. The highest BCUT2D eigenvalue weighted by Crippen LogP contribution is 2.35. The van der Waals surface area contributed by atoms with Crippen molar-refractivity contribution in [3.05, 3.63) is 34.6 Å². The van der Waals surface area contributed by atoms with Gasteiger partial charge >= 0.3 is 6.03 Å². The highest BCUT2D eigenvalue weighted by molar-refractivity contribution is 6.31. The van der Waals surface area contributed by atoms with Gasteiger partial charge in [0.05, 0.1) is 18.8 Å². The standard InChI is InChI=1S/C24H32ClFN4O4/c1-16-15-29(12-13-34-16)19(21-17(25)6-4-7-18(21)26)14-27-20(31)8-5-11-30-22(32)24(28-23(30)33)9-2-3-10-24/h4,6-7,16,19H,2-3,5,8-15H2,1H3,(H,27,31)(H,28,33). The molecule has 4 amide bonds. The number of benzene rings is 1. The molecular formula is C24H32ClFN4O4. The van der Waals surface area contributed by atoms with Crippen LogP contribution in [-0.2, 0) is 14.3 Å². The minimum Gasteiger partial charge on any atom is -0.376 e. The lowest BCUT2D eigenvalue weighted by Crippen LogP contribution is -2.47. The van der Waals surface area contributed by atoms with Gasteiger partial charge in [-0.1, -0.05) is 30.5 Å². The second kappa shape index (κ2) is 10.6. The first-order chi connectivity index (χ1) is 16.3. The predicted molar refractivity (Wildman–Crippen MR) is 125 cm³/mol. The first kappa shape index (κ1) is 24.9. The summed E-state index contributed by atoms with van der Waals surface area (Å²) in [5.74, 6) is -0.808. The number of urea groups is 1. The molecule has 0 radical (unpaired) electrons.